The number of unbranched alkanes of at least 4 members (excludes halogenated alkanes) is 1. The molecule has 1 atom stereocenters. The predicted octanol–water partition coefficient (Wildman–Crippen LogP) is 4.37. The van der Waals surface area contributed by atoms with Crippen LogP contribution in [0.25, 0.3) is 0 Å². The second kappa shape index (κ2) is 12.3. The maximum atomic E-state index is 11.8. The number of carbonyl (C=O) groups is 1. The Morgan fingerprint density at radius 2 is 1.44 bits per heavy atom. The van der Waals surface area contributed by atoms with E-state index < -0.39 is 29.0 Å². The van der Waals surface area contributed by atoms with Crippen LogP contribution in [0.15, 0.2) is 0 Å². The molecule has 0 amide bonds. The quantitative estimate of drug-likeness (QED) is 0.302. The molecule has 0 aromatic rings. The van der Waals surface area contributed by atoms with Gasteiger partial charge in [-0.05, 0) is 42.2 Å². The van der Waals surface area contributed by atoms with Crippen molar-refractivity contribution in [2.45, 2.75) is 89.7 Å². The van der Waals surface area contributed by atoms with Crippen molar-refractivity contribution in [3.8, 4) is 0 Å². The Kier molecular flexibility index (Phi) is 12.2. The number of rotatable bonds is 15. The lowest BCUT2D eigenvalue weighted by atomic mass is 10.3. The first-order chi connectivity index (χ1) is 12.5. The number of nitrogens with one attached hydrogen (secondary N) is 1. The molecular weight excluding hydrogens is 378 g/mol. The van der Waals surface area contributed by atoms with Crippen LogP contribution in [0.5, 0.6) is 0 Å². The van der Waals surface area contributed by atoms with E-state index in [0.717, 1.165) is 25.4 Å². The van der Waals surface area contributed by atoms with Gasteiger partial charge < -0.3 is 23.7 Å². The van der Waals surface area contributed by atoms with Crippen LogP contribution in [0.3, 0.4) is 0 Å². The highest BCUT2D eigenvalue weighted by Crippen LogP contribution is 2.42. The summed E-state index contributed by atoms with van der Waals surface area (Å²) in [5.41, 5.74) is 1.10. The fourth-order valence-electron chi connectivity index (χ4n) is 4.05. The molecule has 8 heteroatoms. The van der Waals surface area contributed by atoms with Crippen molar-refractivity contribution in [1.82, 2.24) is 5.32 Å². The fourth-order valence-corrected chi connectivity index (χ4v) is 11.0. The summed E-state index contributed by atoms with van der Waals surface area (Å²) in [7, 11) is -0.809. The third kappa shape index (κ3) is 7.94. The molecule has 0 aliphatic carbocycles. The van der Waals surface area contributed by atoms with E-state index in [1.165, 1.54) is 0 Å². The van der Waals surface area contributed by atoms with Crippen LogP contribution in [0.4, 0.5) is 0 Å². The van der Waals surface area contributed by atoms with Crippen LogP contribution in [0.2, 0.25) is 29.2 Å². The summed E-state index contributed by atoms with van der Waals surface area (Å²) < 4.78 is 17.4. The van der Waals surface area contributed by atoms with Gasteiger partial charge in [-0.3, -0.25) is 0 Å². The van der Waals surface area contributed by atoms with Crippen LogP contribution in [-0.4, -0.2) is 61.4 Å². The minimum Gasteiger partial charge on any atom is -0.479 e. The first-order valence-electron chi connectivity index (χ1n) is 10.2. The number of hydrogen-bond acceptors (Lipinski definition) is 5. The number of hydrogen-bond donors (Lipinski definition) is 2. The maximum Gasteiger partial charge on any atom is 0.334 e. The van der Waals surface area contributed by atoms with Gasteiger partial charge >= 0.3 is 14.5 Å². The van der Waals surface area contributed by atoms with E-state index in [1.54, 1.807) is 14.2 Å². The van der Waals surface area contributed by atoms with E-state index in [2.05, 4.69) is 53.4 Å². The van der Waals surface area contributed by atoms with Gasteiger partial charge in [0, 0.05) is 20.8 Å². The SMILES string of the molecule is CO[Si](C)(CCCCNCC(O[Si](C(C)C)(C(C)C)C(C)C)C(=O)O)OC. The Hall–Kier alpha value is -0.256. The highest BCUT2D eigenvalue weighted by atomic mass is 28.4. The number of aliphatic carboxylic acids is 1. The first-order valence-corrected chi connectivity index (χ1v) is 14.8. The van der Waals surface area contributed by atoms with E-state index in [-0.39, 0.29) is 0 Å². The smallest absolute Gasteiger partial charge is 0.334 e. The van der Waals surface area contributed by atoms with Gasteiger partial charge in [-0.1, -0.05) is 48.0 Å². The standard InChI is InChI=1S/C19H43NO5Si2/c1-15(2)27(16(3)4,17(5)6)25-18(19(21)22)14-20-12-10-11-13-26(9,23-7)24-8/h15-18,20H,10-14H2,1-9H3,(H,21,22). The fraction of sp³-hybridized carbons (Fsp3) is 0.947. The molecule has 0 aliphatic heterocycles. The molecule has 0 rings (SSSR count). The summed E-state index contributed by atoms with van der Waals surface area (Å²) in [4.78, 5) is 11.8. The van der Waals surface area contributed by atoms with Gasteiger partial charge in [0.1, 0.15) is 0 Å². The van der Waals surface area contributed by atoms with E-state index in [0.29, 0.717) is 23.2 Å². The molecule has 1 unspecified atom stereocenters. The van der Waals surface area contributed by atoms with Crippen LogP contribution in [-0.2, 0) is 18.1 Å². The molecule has 0 saturated heterocycles. The summed E-state index contributed by atoms with van der Waals surface area (Å²) in [5.74, 6) is -0.875. The van der Waals surface area contributed by atoms with Crippen molar-refractivity contribution in [3.05, 3.63) is 0 Å². The molecule has 0 saturated carbocycles. The van der Waals surface area contributed by atoms with Gasteiger partial charge in [-0.15, -0.1) is 0 Å². The lowest BCUT2D eigenvalue weighted by molar-refractivity contribution is -0.145. The normalized spacial score (nSPS) is 14.4. The second-order valence-corrected chi connectivity index (χ2v) is 17.5. The minimum absolute atomic E-state index is 0.347. The summed E-state index contributed by atoms with van der Waals surface area (Å²) in [6, 6.07) is 0.935. The Morgan fingerprint density at radius 3 is 1.81 bits per heavy atom. The Labute approximate surface area is 168 Å². The van der Waals surface area contributed by atoms with Crippen molar-refractivity contribution < 1.29 is 23.2 Å². The van der Waals surface area contributed by atoms with E-state index in [1.807, 2.05) is 0 Å². The Balaban J connectivity index is 4.68. The van der Waals surface area contributed by atoms with E-state index in [4.69, 9.17) is 13.3 Å². The molecule has 6 nitrogen and oxygen atoms in total. The molecule has 27 heavy (non-hydrogen) atoms. The van der Waals surface area contributed by atoms with Gasteiger partial charge in [-0.25, -0.2) is 4.79 Å². The number of carboxylic acids is 1. The van der Waals surface area contributed by atoms with E-state index >= 15 is 0 Å². The van der Waals surface area contributed by atoms with Crippen molar-refractivity contribution in [1.29, 1.82) is 0 Å². The second-order valence-electron chi connectivity index (χ2n) is 8.47. The highest BCUT2D eigenvalue weighted by Gasteiger charge is 2.47. The van der Waals surface area contributed by atoms with Crippen LogP contribution in [0, 0.1) is 0 Å². The number of carboxylic acid groups (broad SMARTS) is 1. The lowest BCUT2D eigenvalue weighted by Crippen LogP contribution is -2.53. The summed E-state index contributed by atoms with van der Waals surface area (Å²) >= 11 is 0. The average Bonchev–Trinajstić information content (AvgIpc) is 2.58. The first kappa shape index (κ1) is 26.7. The topological polar surface area (TPSA) is 77.0 Å². The van der Waals surface area contributed by atoms with Crippen LogP contribution >= 0.6 is 0 Å². The molecule has 0 heterocycles. The largest absolute Gasteiger partial charge is 0.479 e. The van der Waals surface area contributed by atoms with Crippen LogP contribution < -0.4 is 5.32 Å². The van der Waals surface area contributed by atoms with Crippen molar-refractivity contribution in [3.63, 3.8) is 0 Å². The summed E-state index contributed by atoms with van der Waals surface area (Å²) in [6.45, 7) is 16.2. The molecule has 0 spiro atoms. The van der Waals surface area contributed by atoms with Gasteiger partial charge in [0.05, 0.1) is 0 Å². The van der Waals surface area contributed by atoms with Crippen molar-refractivity contribution >= 4 is 22.8 Å². The molecule has 0 radical (unpaired) electrons. The molecular formula is C19H43NO5Si2. The van der Waals surface area contributed by atoms with Crippen molar-refractivity contribution in [2.24, 2.45) is 0 Å². The Bertz CT molecular complexity index is 407. The average molecular weight is 422 g/mol. The van der Waals surface area contributed by atoms with Gasteiger partial charge in [0.25, 0.3) is 0 Å². The van der Waals surface area contributed by atoms with Gasteiger partial charge in [0.15, 0.2) is 6.10 Å². The predicted molar refractivity (Wildman–Crippen MR) is 116 cm³/mol. The van der Waals surface area contributed by atoms with Crippen molar-refractivity contribution in [2.75, 3.05) is 27.3 Å². The van der Waals surface area contributed by atoms with E-state index in [9.17, 15) is 9.90 Å². The molecule has 2 N–H and O–H groups in total. The summed E-state index contributed by atoms with van der Waals surface area (Å²) in [6.07, 6.45) is 1.17. The van der Waals surface area contributed by atoms with Gasteiger partial charge in [0.2, 0.25) is 8.32 Å². The molecule has 0 aromatic heterocycles. The molecule has 0 fully saturated rings. The van der Waals surface area contributed by atoms with Crippen LogP contribution in [0.1, 0.15) is 54.4 Å². The van der Waals surface area contributed by atoms with Gasteiger partial charge in [-0.2, -0.15) is 0 Å². The molecule has 0 aromatic carbocycles. The zero-order valence-corrected chi connectivity index (χ0v) is 20.9. The molecule has 0 aliphatic rings. The monoisotopic (exact) mass is 421 g/mol. The third-order valence-corrected chi connectivity index (χ3v) is 14.9. The Morgan fingerprint density at radius 1 is 0.963 bits per heavy atom. The maximum absolute atomic E-state index is 11.8. The minimum atomic E-state index is -2.21. The lowest BCUT2D eigenvalue weighted by Gasteiger charge is -2.43. The zero-order chi connectivity index (χ0) is 21.3. The summed E-state index contributed by atoms with van der Waals surface area (Å²) in [5, 5.41) is 13.0. The molecule has 162 valence electrons. The molecule has 0 bridgehead atoms. The zero-order valence-electron chi connectivity index (χ0n) is 18.9. The highest BCUT2D eigenvalue weighted by molar-refractivity contribution is 6.77. The third-order valence-electron chi connectivity index (χ3n) is 5.76.